The van der Waals surface area contributed by atoms with Crippen LogP contribution in [0.5, 0.6) is 0 Å². The van der Waals surface area contributed by atoms with E-state index in [1.165, 1.54) is 34.7 Å². The number of benzene rings is 2. The van der Waals surface area contributed by atoms with Crippen molar-refractivity contribution in [3.8, 4) is 0 Å². The summed E-state index contributed by atoms with van der Waals surface area (Å²) < 4.78 is 56.8. The largest absolute Gasteiger partial charge is 0.381 e. The maximum atomic E-state index is 15.0. The standard InChI is InChI=1S/C21H22F2N4O2S2/c1-14-18(25-16-7-8-27(11-16)10-15-5-3-2-4-6-15)9-17(22)21(20(14)23)31(28,29)26-19-12-30-13-24-19/h2-6,9,12-13,16,25-26H,7-8,10-11H2,1H3. The Bertz CT molecular complexity index is 1160. The van der Waals surface area contributed by atoms with Gasteiger partial charge < -0.3 is 5.32 Å². The second-order valence-electron chi connectivity index (χ2n) is 7.50. The molecule has 1 aliphatic heterocycles. The van der Waals surface area contributed by atoms with Gasteiger partial charge in [-0.05, 0) is 25.0 Å². The van der Waals surface area contributed by atoms with Gasteiger partial charge in [0.15, 0.2) is 16.5 Å². The zero-order valence-corrected chi connectivity index (χ0v) is 18.4. The van der Waals surface area contributed by atoms with E-state index in [1.54, 1.807) is 0 Å². The van der Waals surface area contributed by atoms with Gasteiger partial charge in [0, 0.05) is 42.3 Å². The van der Waals surface area contributed by atoms with Crippen LogP contribution in [0.1, 0.15) is 17.5 Å². The number of nitrogens with one attached hydrogen (secondary N) is 2. The molecule has 1 atom stereocenters. The van der Waals surface area contributed by atoms with Crippen molar-refractivity contribution in [1.29, 1.82) is 0 Å². The van der Waals surface area contributed by atoms with Crippen molar-refractivity contribution in [3.05, 3.63) is 70.1 Å². The fourth-order valence-electron chi connectivity index (χ4n) is 3.70. The molecule has 0 radical (unpaired) electrons. The number of hydrogen-bond donors (Lipinski definition) is 2. The van der Waals surface area contributed by atoms with Gasteiger partial charge in [-0.3, -0.25) is 9.62 Å². The molecule has 2 N–H and O–H groups in total. The average molecular weight is 465 g/mol. The number of halogens is 2. The lowest BCUT2D eigenvalue weighted by Crippen LogP contribution is -2.26. The number of thiazole rings is 1. The van der Waals surface area contributed by atoms with Crippen molar-refractivity contribution >= 4 is 32.9 Å². The molecule has 4 rings (SSSR count). The monoisotopic (exact) mass is 464 g/mol. The molecule has 1 fully saturated rings. The number of anilines is 2. The lowest BCUT2D eigenvalue weighted by Gasteiger charge is -2.20. The molecular formula is C21H22F2N4O2S2. The molecule has 1 aromatic heterocycles. The number of hydrogen-bond acceptors (Lipinski definition) is 6. The fourth-order valence-corrected chi connectivity index (χ4v) is 5.45. The molecule has 0 bridgehead atoms. The lowest BCUT2D eigenvalue weighted by atomic mass is 10.1. The summed E-state index contributed by atoms with van der Waals surface area (Å²) in [6.45, 7) is 3.83. The third-order valence-corrected chi connectivity index (χ3v) is 7.22. The first kappa shape index (κ1) is 21.7. The number of sulfonamides is 1. The van der Waals surface area contributed by atoms with Crippen LogP contribution in [0.25, 0.3) is 0 Å². The van der Waals surface area contributed by atoms with Crippen LogP contribution in [-0.4, -0.2) is 37.4 Å². The maximum absolute atomic E-state index is 15.0. The zero-order chi connectivity index (χ0) is 22.0. The van der Waals surface area contributed by atoms with Crippen molar-refractivity contribution in [2.45, 2.75) is 30.8 Å². The van der Waals surface area contributed by atoms with Crippen molar-refractivity contribution in [2.75, 3.05) is 23.1 Å². The highest BCUT2D eigenvalue weighted by Crippen LogP contribution is 2.30. The van der Waals surface area contributed by atoms with Gasteiger partial charge in [-0.25, -0.2) is 22.2 Å². The van der Waals surface area contributed by atoms with Crippen molar-refractivity contribution in [1.82, 2.24) is 9.88 Å². The Hall–Kier alpha value is -2.56. The summed E-state index contributed by atoms with van der Waals surface area (Å²) in [5.41, 5.74) is 2.94. The first-order valence-electron chi connectivity index (χ1n) is 9.76. The van der Waals surface area contributed by atoms with Crippen LogP contribution in [0, 0.1) is 18.6 Å². The van der Waals surface area contributed by atoms with Crippen LogP contribution in [0.4, 0.5) is 20.3 Å². The van der Waals surface area contributed by atoms with Crippen molar-refractivity contribution < 1.29 is 17.2 Å². The van der Waals surface area contributed by atoms with Crippen LogP contribution in [-0.2, 0) is 16.6 Å². The number of likely N-dealkylation sites (tertiary alicyclic amines) is 1. The average Bonchev–Trinajstić information content (AvgIpc) is 3.38. The van der Waals surface area contributed by atoms with Gasteiger partial charge >= 0.3 is 0 Å². The smallest absolute Gasteiger partial charge is 0.268 e. The molecule has 2 aromatic carbocycles. The number of aromatic nitrogens is 1. The minimum absolute atomic E-state index is 0.0109. The third kappa shape index (κ3) is 4.86. The van der Waals surface area contributed by atoms with Crippen LogP contribution in [0.15, 0.2) is 52.2 Å². The van der Waals surface area contributed by atoms with E-state index < -0.39 is 26.6 Å². The molecule has 3 aromatic rings. The Balaban J connectivity index is 1.49. The molecule has 2 heterocycles. The van der Waals surface area contributed by atoms with Crippen LogP contribution >= 0.6 is 11.3 Å². The fraction of sp³-hybridized carbons (Fsp3) is 0.286. The van der Waals surface area contributed by atoms with Gasteiger partial charge in [0.1, 0.15) is 5.82 Å². The van der Waals surface area contributed by atoms with Gasteiger partial charge in [0.2, 0.25) is 0 Å². The summed E-state index contributed by atoms with van der Waals surface area (Å²) in [7, 11) is -4.45. The third-order valence-electron chi connectivity index (χ3n) is 5.24. The molecule has 1 unspecified atom stereocenters. The molecule has 0 aliphatic carbocycles. The van der Waals surface area contributed by atoms with Crippen molar-refractivity contribution in [2.24, 2.45) is 0 Å². The Morgan fingerprint density at radius 2 is 2.03 bits per heavy atom. The molecule has 10 heteroatoms. The highest BCUT2D eigenvalue weighted by molar-refractivity contribution is 7.92. The molecule has 31 heavy (non-hydrogen) atoms. The predicted octanol–water partition coefficient (Wildman–Crippen LogP) is 4.22. The van der Waals surface area contributed by atoms with Crippen LogP contribution < -0.4 is 10.0 Å². The second-order valence-corrected chi connectivity index (χ2v) is 9.84. The number of nitrogens with zero attached hydrogens (tertiary/aromatic N) is 2. The summed E-state index contributed by atoms with van der Waals surface area (Å²) >= 11 is 1.17. The van der Waals surface area contributed by atoms with E-state index in [0.717, 1.165) is 32.1 Å². The molecule has 0 amide bonds. The van der Waals surface area contributed by atoms with Crippen LogP contribution in [0.3, 0.4) is 0 Å². The molecule has 1 saturated heterocycles. The highest BCUT2D eigenvalue weighted by atomic mass is 32.2. The summed E-state index contributed by atoms with van der Waals surface area (Å²) in [6, 6.07) is 11.2. The Kier molecular flexibility index (Phi) is 6.22. The van der Waals surface area contributed by atoms with Gasteiger partial charge in [0.05, 0.1) is 5.51 Å². The Morgan fingerprint density at radius 1 is 1.26 bits per heavy atom. The van der Waals surface area contributed by atoms with Gasteiger partial charge in [0.25, 0.3) is 10.0 Å². The second kappa shape index (κ2) is 8.89. The molecule has 0 spiro atoms. The number of rotatable bonds is 7. The summed E-state index contributed by atoms with van der Waals surface area (Å²) in [5.74, 6) is -2.23. The quantitative estimate of drug-likeness (QED) is 0.548. The van der Waals surface area contributed by atoms with Crippen molar-refractivity contribution in [3.63, 3.8) is 0 Å². The van der Waals surface area contributed by atoms with E-state index >= 15 is 0 Å². The Labute approximate surface area is 184 Å². The minimum atomic E-state index is -4.45. The molecule has 0 saturated carbocycles. The molecular weight excluding hydrogens is 442 g/mol. The van der Waals surface area contributed by atoms with E-state index in [2.05, 4.69) is 32.1 Å². The molecule has 1 aliphatic rings. The van der Waals surface area contributed by atoms with Crippen LogP contribution in [0.2, 0.25) is 0 Å². The maximum Gasteiger partial charge on any atom is 0.268 e. The molecule has 164 valence electrons. The SMILES string of the molecule is Cc1c(NC2CCN(Cc3ccccc3)C2)cc(F)c(S(=O)(=O)Nc2cscn2)c1F. The lowest BCUT2D eigenvalue weighted by molar-refractivity contribution is 0.328. The first-order chi connectivity index (χ1) is 14.8. The molecule has 6 nitrogen and oxygen atoms in total. The van der Waals surface area contributed by atoms with E-state index in [-0.39, 0.29) is 23.1 Å². The summed E-state index contributed by atoms with van der Waals surface area (Å²) in [4.78, 5) is 5.07. The zero-order valence-electron chi connectivity index (χ0n) is 16.8. The first-order valence-corrected chi connectivity index (χ1v) is 12.2. The summed E-state index contributed by atoms with van der Waals surface area (Å²) in [6.07, 6.45) is 0.820. The van der Waals surface area contributed by atoms with Gasteiger partial charge in [-0.2, -0.15) is 0 Å². The van der Waals surface area contributed by atoms with Gasteiger partial charge in [-0.15, -0.1) is 11.3 Å². The van der Waals surface area contributed by atoms with Gasteiger partial charge in [-0.1, -0.05) is 30.3 Å². The van der Waals surface area contributed by atoms with E-state index in [1.807, 2.05) is 18.2 Å². The van der Waals surface area contributed by atoms with E-state index in [4.69, 9.17) is 0 Å². The minimum Gasteiger partial charge on any atom is -0.381 e. The Morgan fingerprint density at radius 3 is 2.74 bits per heavy atom. The highest BCUT2D eigenvalue weighted by Gasteiger charge is 2.29. The topological polar surface area (TPSA) is 74.3 Å². The van der Waals surface area contributed by atoms with E-state index in [9.17, 15) is 17.2 Å². The predicted molar refractivity (Wildman–Crippen MR) is 118 cm³/mol. The normalized spacial score (nSPS) is 17.1. The van der Waals surface area contributed by atoms with E-state index in [0.29, 0.717) is 0 Å². The summed E-state index contributed by atoms with van der Waals surface area (Å²) in [5, 5.41) is 4.63.